The van der Waals surface area contributed by atoms with Crippen LogP contribution in [-0.4, -0.2) is 11.1 Å². The van der Waals surface area contributed by atoms with Crippen molar-refractivity contribution in [3.05, 3.63) is 23.3 Å². The fourth-order valence-electron chi connectivity index (χ4n) is 0.884. The lowest BCUT2D eigenvalue weighted by molar-refractivity contribution is -0.132. The zero-order chi connectivity index (χ0) is 10.4. The lowest BCUT2D eigenvalue weighted by Crippen LogP contribution is -1.96. The molecule has 0 aliphatic rings. The Bertz CT molecular complexity index is 234. The molecule has 0 bridgehead atoms. The van der Waals surface area contributed by atoms with E-state index in [4.69, 9.17) is 5.11 Å². The predicted molar refractivity (Wildman–Crippen MR) is 54.6 cm³/mol. The van der Waals surface area contributed by atoms with Crippen molar-refractivity contribution >= 4 is 5.97 Å². The smallest absolute Gasteiger partial charge is 0.331 e. The summed E-state index contributed by atoms with van der Waals surface area (Å²) in [5.74, 6) is -0.231. The number of carbonyl (C=O) groups is 1. The van der Waals surface area contributed by atoms with E-state index < -0.39 is 5.97 Å². The maximum Gasteiger partial charge on any atom is 0.331 e. The minimum atomic E-state index is -0.850. The molecule has 0 atom stereocenters. The van der Waals surface area contributed by atoms with Crippen LogP contribution in [0.2, 0.25) is 0 Å². The topological polar surface area (TPSA) is 37.3 Å². The maximum absolute atomic E-state index is 10.5. The summed E-state index contributed by atoms with van der Waals surface area (Å²) in [4.78, 5) is 10.5. The molecular weight excluding hydrogens is 164 g/mol. The second-order valence-corrected chi connectivity index (χ2v) is 3.71. The number of hydrogen-bond acceptors (Lipinski definition) is 1. The van der Waals surface area contributed by atoms with E-state index in [9.17, 15) is 4.79 Å². The van der Waals surface area contributed by atoms with Gasteiger partial charge in [0.2, 0.25) is 0 Å². The van der Waals surface area contributed by atoms with Gasteiger partial charge in [0.1, 0.15) is 0 Å². The van der Waals surface area contributed by atoms with Crippen LogP contribution in [0, 0.1) is 5.92 Å². The Hall–Kier alpha value is -1.05. The van der Waals surface area contributed by atoms with Gasteiger partial charge in [-0.05, 0) is 32.3 Å². The molecule has 13 heavy (non-hydrogen) atoms. The van der Waals surface area contributed by atoms with Crippen molar-refractivity contribution in [2.75, 3.05) is 0 Å². The van der Waals surface area contributed by atoms with Crippen LogP contribution in [0.5, 0.6) is 0 Å². The van der Waals surface area contributed by atoms with Gasteiger partial charge in [-0.15, -0.1) is 0 Å². The van der Waals surface area contributed by atoms with E-state index in [-0.39, 0.29) is 0 Å². The molecule has 0 aromatic rings. The van der Waals surface area contributed by atoms with Gasteiger partial charge in [-0.1, -0.05) is 25.5 Å². The quantitative estimate of drug-likeness (QED) is 0.536. The van der Waals surface area contributed by atoms with Crippen LogP contribution in [-0.2, 0) is 4.79 Å². The minimum absolute atomic E-state index is 0.387. The first-order chi connectivity index (χ1) is 5.93. The van der Waals surface area contributed by atoms with Crippen molar-refractivity contribution in [1.82, 2.24) is 0 Å². The van der Waals surface area contributed by atoms with Crippen LogP contribution in [0.1, 0.15) is 34.1 Å². The van der Waals surface area contributed by atoms with Crippen molar-refractivity contribution in [2.24, 2.45) is 5.92 Å². The second-order valence-electron chi connectivity index (χ2n) is 3.71. The van der Waals surface area contributed by atoms with Crippen LogP contribution < -0.4 is 0 Å². The molecule has 0 aliphatic carbocycles. The third-order valence-electron chi connectivity index (χ3n) is 1.69. The van der Waals surface area contributed by atoms with Gasteiger partial charge in [-0.25, -0.2) is 4.79 Å². The van der Waals surface area contributed by atoms with Crippen molar-refractivity contribution in [3.8, 4) is 0 Å². The molecule has 0 aromatic carbocycles. The van der Waals surface area contributed by atoms with Crippen molar-refractivity contribution < 1.29 is 9.90 Å². The van der Waals surface area contributed by atoms with Crippen LogP contribution in [0.15, 0.2) is 23.3 Å². The third kappa shape index (κ3) is 6.14. The minimum Gasteiger partial charge on any atom is -0.478 e. The lowest BCUT2D eigenvalue weighted by atomic mass is 10.1. The first-order valence-electron chi connectivity index (χ1n) is 4.51. The van der Waals surface area contributed by atoms with E-state index in [1.54, 1.807) is 13.0 Å². The molecule has 0 heterocycles. The van der Waals surface area contributed by atoms with Crippen LogP contribution in [0.3, 0.4) is 0 Å². The van der Waals surface area contributed by atoms with Gasteiger partial charge in [-0.3, -0.25) is 0 Å². The molecule has 2 nitrogen and oxygen atoms in total. The van der Waals surface area contributed by atoms with Crippen molar-refractivity contribution in [3.63, 3.8) is 0 Å². The lowest BCUT2D eigenvalue weighted by Gasteiger charge is -1.99. The van der Waals surface area contributed by atoms with Gasteiger partial charge < -0.3 is 5.11 Å². The van der Waals surface area contributed by atoms with Crippen LogP contribution in [0.4, 0.5) is 0 Å². The molecule has 0 radical (unpaired) electrons. The number of carboxylic acids is 1. The Morgan fingerprint density at radius 1 is 1.38 bits per heavy atom. The first-order valence-corrected chi connectivity index (χ1v) is 4.51. The average molecular weight is 182 g/mol. The summed E-state index contributed by atoms with van der Waals surface area (Å²) in [7, 11) is 0. The monoisotopic (exact) mass is 182 g/mol. The number of rotatable bonds is 4. The van der Waals surface area contributed by atoms with Gasteiger partial charge in [0.15, 0.2) is 0 Å². The highest BCUT2D eigenvalue weighted by Crippen LogP contribution is 2.07. The Labute approximate surface area is 80.0 Å². The Morgan fingerprint density at radius 3 is 2.31 bits per heavy atom. The standard InChI is InChI=1S/C11H18O2/c1-8(2)5-6-9(3)7-10(4)11(12)13/h6-8H,5H2,1-4H3,(H,12,13)/b9-6+,10-7+. The average Bonchev–Trinajstić information content (AvgIpc) is 2.00. The van der Waals surface area contributed by atoms with E-state index in [0.29, 0.717) is 11.5 Å². The molecule has 0 amide bonds. The Morgan fingerprint density at radius 2 is 1.92 bits per heavy atom. The summed E-state index contributed by atoms with van der Waals surface area (Å²) in [6, 6.07) is 0. The van der Waals surface area contributed by atoms with Crippen LogP contribution in [0.25, 0.3) is 0 Å². The van der Waals surface area contributed by atoms with Gasteiger partial charge in [0.05, 0.1) is 0 Å². The fourth-order valence-corrected chi connectivity index (χ4v) is 0.884. The summed E-state index contributed by atoms with van der Waals surface area (Å²) >= 11 is 0. The van der Waals surface area contributed by atoms with E-state index in [0.717, 1.165) is 12.0 Å². The van der Waals surface area contributed by atoms with Crippen LogP contribution >= 0.6 is 0 Å². The highest BCUT2D eigenvalue weighted by molar-refractivity contribution is 5.86. The molecule has 74 valence electrons. The number of allylic oxidation sites excluding steroid dienone is 3. The second kappa shape index (κ2) is 5.57. The SMILES string of the molecule is CC(=C\CC(C)C)/C=C(\C)C(=O)O. The molecule has 0 aliphatic heterocycles. The van der Waals surface area contributed by atoms with Gasteiger partial charge in [-0.2, -0.15) is 0 Å². The summed E-state index contributed by atoms with van der Waals surface area (Å²) < 4.78 is 0. The molecular formula is C11H18O2. The van der Waals surface area contributed by atoms with E-state index >= 15 is 0 Å². The number of hydrogen-bond donors (Lipinski definition) is 1. The first kappa shape index (κ1) is 11.9. The molecule has 0 rings (SSSR count). The fraction of sp³-hybridized carbons (Fsp3) is 0.545. The van der Waals surface area contributed by atoms with Gasteiger partial charge >= 0.3 is 5.97 Å². The zero-order valence-electron chi connectivity index (χ0n) is 8.79. The Kier molecular flexibility index (Phi) is 5.12. The largest absolute Gasteiger partial charge is 0.478 e. The molecule has 0 unspecified atom stereocenters. The third-order valence-corrected chi connectivity index (χ3v) is 1.69. The summed E-state index contributed by atoms with van der Waals surface area (Å²) in [6.07, 6.45) is 4.76. The maximum atomic E-state index is 10.5. The Balaban J connectivity index is 4.27. The molecule has 0 fully saturated rings. The number of carboxylic acid groups (broad SMARTS) is 1. The van der Waals surface area contributed by atoms with E-state index in [1.807, 2.05) is 6.92 Å². The van der Waals surface area contributed by atoms with Crippen molar-refractivity contribution in [2.45, 2.75) is 34.1 Å². The van der Waals surface area contributed by atoms with Gasteiger partial charge in [0, 0.05) is 5.57 Å². The molecule has 1 N–H and O–H groups in total. The molecule has 0 saturated heterocycles. The summed E-state index contributed by atoms with van der Waals surface area (Å²) in [6.45, 7) is 7.80. The van der Waals surface area contributed by atoms with Crippen molar-refractivity contribution in [1.29, 1.82) is 0 Å². The number of aliphatic carboxylic acids is 1. The van der Waals surface area contributed by atoms with E-state index in [1.165, 1.54) is 0 Å². The molecule has 2 heteroatoms. The predicted octanol–water partition coefficient (Wildman–Crippen LogP) is 3.01. The van der Waals surface area contributed by atoms with Gasteiger partial charge in [0.25, 0.3) is 0 Å². The highest BCUT2D eigenvalue weighted by atomic mass is 16.4. The molecule has 0 aromatic heterocycles. The van der Waals surface area contributed by atoms with E-state index in [2.05, 4.69) is 19.9 Å². The highest BCUT2D eigenvalue weighted by Gasteiger charge is 1.98. The summed E-state index contributed by atoms with van der Waals surface area (Å²) in [5.41, 5.74) is 1.41. The summed E-state index contributed by atoms with van der Waals surface area (Å²) in [5, 5.41) is 8.61. The normalized spacial score (nSPS) is 13.6. The zero-order valence-corrected chi connectivity index (χ0v) is 8.79. The molecule has 0 spiro atoms. The molecule has 0 saturated carbocycles.